The second kappa shape index (κ2) is 6.76. The van der Waals surface area contributed by atoms with E-state index in [1.165, 1.54) is 0 Å². The van der Waals surface area contributed by atoms with Gasteiger partial charge in [0.05, 0.1) is 18.3 Å². The monoisotopic (exact) mass is 348 g/mol. The summed E-state index contributed by atoms with van der Waals surface area (Å²) in [6.45, 7) is 8.67. The smallest absolute Gasteiger partial charge is 0.263 e. The molecule has 1 aliphatic heterocycles. The van der Waals surface area contributed by atoms with Crippen LogP contribution in [-0.2, 0) is 5.54 Å². The van der Waals surface area contributed by atoms with E-state index < -0.39 is 0 Å². The number of hydrogen-bond acceptors (Lipinski definition) is 6. The van der Waals surface area contributed by atoms with E-state index in [1.807, 2.05) is 32.5 Å². The van der Waals surface area contributed by atoms with Crippen LogP contribution in [-0.4, -0.2) is 69.1 Å². The number of aromatic nitrogens is 4. The first-order valence-electron chi connectivity index (χ1n) is 8.86. The van der Waals surface area contributed by atoms with Gasteiger partial charge in [-0.1, -0.05) is 0 Å². The third kappa shape index (κ3) is 3.55. The fourth-order valence-electron chi connectivity index (χ4n) is 3.41. The van der Waals surface area contributed by atoms with Crippen molar-refractivity contribution in [3.63, 3.8) is 0 Å². The first kappa shape index (κ1) is 17.9. The number of likely N-dealkylation sites (N-methyl/N-ethyl adjacent to an activating group) is 1. The van der Waals surface area contributed by atoms with E-state index in [0.29, 0.717) is 29.6 Å². The van der Waals surface area contributed by atoms with Crippen LogP contribution in [0.5, 0.6) is 0 Å². The Labute approximate surface area is 147 Å². The van der Waals surface area contributed by atoms with Gasteiger partial charge in [-0.15, -0.1) is 0 Å². The van der Waals surface area contributed by atoms with E-state index in [-0.39, 0.29) is 17.7 Å². The molecule has 2 aromatic rings. The number of nitrogens with zero attached hydrogens (tertiary/aromatic N) is 5. The Hall–Kier alpha value is -1.93. The number of nitrogens with one attached hydrogen (secondary N) is 1. The summed E-state index contributed by atoms with van der Waals surface area (Å²) in [4.78, 5) is 24.4. The molecule has 1 aliphatic rings. The average Bonchev–Trinajstić information content (AvgIpc) is 3.00. The predicted octanol–water partition coefficient (Wildman–Crippen LogP) is 0.767. The van der Waals surface area contributed by atoms with Gasteiger partial charge in [-0.25, -0.2) is 4.68 Å². The molecule has 138 valence electrons. The Balaban J connectivity index is 1.84. The Kier molecular flexibility index (Phi) is 4.83. The van der Waals surface area contributed by atoms with E-state index in [9.17, 15) is 4.79 Å². The van der Waals surface area contributed by atoms with Gasteiger partial charge in [0.25, 0.3) is 5.56 Å². The summed E-state index contributed by atoms with van der Waals surface area (Å²) in [7, 11) is 2.05. The van der Waals surface area contributed by atoms with Crippen molar-refractivity contribution < 1.29 is 5.11 Å². The van der Waals surface area contributed by atoms with Crippen molar-refractivity contribution in [1.29, 1.82) is 0 Å². The molecule has 0 amide bonds. The number of aromatic amines is 1. The molecule has 25 heavy (non-hydrogen) atoms. The molecule has 8 nitrogen and oxygen atoms in total. The quantitative estimate of drug-likeness (QED) is 0.848. The molecule has 3 heterocycles. The van der Waals surface area contributed by atoms with Crippen LogP contribution < -0.4 is 10.5 Å². The highest BCUT2D eigenvalue weighted by atomic mass is 16.3. The lowest BCUT2D eigenvalue weighted by atomic mass is 10.0. The number of H-pyrrole nitrogens is 1. The van der Waals surface area contributed by atoms with Crippen molar-refractivity contribution >= 4 is 17.0 Å². The van der Waals surface area contributed by atoms with Crippen molar-refractivity contribution in [3.05, 3.63) is 16.6 Å². The van der Waals surface area contributed by atoms with E-state index in [4.69, 9.17) is 10.1 Å². The minimum absolute atomic E-state index is 0.143. The second-order valence-electron chi connectivity index (χ2n) is 7.78. The van der Waals surface area contributed by atoms with Crippen molar-refractivity contribution in [2.45, 2.75) is 45.2 Å². The van der Waals surface area contributed by atoms with Gasteiger partial charge in [0.1, 0.15) is 5.39 Å². The molecular formula is C17H28N6O2. The molecule has 0 unspecified atom stereocenters. The zero-order valence-corrected chi connectivity index (χ0v) is 15.5. The topological polar surface area (TPSA) is 90.3 Å². The SMILES string of the molecule is CN(CCO)C1CCN(c2nc3c(cnn3C(C)(C)C)c(=O)[nH]2)CC1. The molecule has 2 aromatic heterocycles. The van der Waals surface area contributed by atoms with Gasteiger partial charge in [0, 0.05) is 25.7 Å². The number of aliphatic hydroxyl groups is 1. The normalized spacial score (nSPS) is 17.0. The third-order valence-corrected chi connectivity index (χ3v) is 4.90. The first-order chi connectivity index (χ1) is 11.8. The molecule has 3 rings (SSSR count). The van der Waals surface area contributed by atoms with Gasteiger partial charge < -0.3 is 14.9 Å². The van der Waals surface area contributed by atoms with Crippen LogP contribution in [0.3, 0.4) is 0 Å². The summed E-state index contributed by atoms with van der Waals surface area (Å²) in [6, 6.07) is 0.457. The molecule has 2 N–H and O–H groups in total. The summed E-state index contributed by atoms with van der Waals surface area (Å²) >= 11 is 0. The highest BCUT2D eigenvalue weighted by Gasteiger charge is 2.25. The standard InChI is InChI=1S/C17H28N6O2/c1-17(2,3)23-14-13(11-18-23)15(25)20-16(19-14)22-7-5-12(6-8-22)21(4)9-10-24/h11-12,24H,5-10H2,1-4H3,(H,19,20,25). The van der Waals surface area contributed by atoms with Crippen LogP contribution in [0.2, 0.25) is 0 Å². The van der Waals surface area contributed by atoms with Gasteiger partial charge in [-0.05, 0) is 40.7 Å². The Morgan fingerprint density at radius 2 is 2.04 bits per heavy atom. The molecule has 1 fully saturated rings. The minimum Gasteiger partial charge on any atom is -0.395 e. The van der Waals surface area contributed by atoms with Crippen molar-refractivity contribution in [2.24, 2.45) is 0 Å². The number of aliphatic hydroxyl groups excluding tert-OH is 1. The van der Waals surface area contributed by atoms with E-state index >= 15 is 0 Å². The number of fused-ring (bicyclic) bond motifs is 1. The number of rotatable bonds is 4. The Morgan fingerprint density at radius 1 is 1.36 bits per heavy atom. The number of hydrogen-bond donors (Lipinski definition) is 2. The van der Waals surface area contributed by atoms with Crippen LogP contribution in [0.4, 0.5) is 5.95 Å². The molecular weight excluding hydrogens is 320 g/mol. The number of piperidine rings is 1. The van der Waals surface area contributed by atoms with Crippen LogP contribution >= 0.6 is 0 Å². The number of anilines is 1. The molecule has 0 atom stereocenters. The third-order valence-electron chi connectivity index (χ3n) is 4.90. The van der Waals surface area contributed by atoms with Gasteiger partial charge in [-0.3, -0.25) is 9.78 Å². The maximum atomic E-state index is 12.4. The largest absolute Gasteiger partial charge is 0.395 e. The van der Waals surface area contributed by atoms with Gasteiger partial charge in [0.2, 0.25) is 5.95 Å². The van der Waals surface area contributed by atoms with Crippen LogP contribution in [0.25, 0.3) is 11.0 Å². The fraction of sp³-hybridized carbons (Fsp3) is 0.706. The summed E-state index contributed by atoms with van der Waals surface area (Å²) in [5.74, 6) is 0.617. The molecule has 0 aliphatic carbocycles. The summed E-state index contributed by atoms with van der Waals surface area (Å²) in [5, 5.41) is 14.0. The maximum absolute atomic E-state index is 12.4. The van der Waals surface area contributed by atoms with Crippen LogP contribution in [0, 0.1) is 0 Å². The Morgan fingerprint density at radius 3 is 2.64 bits per heavy atom. The van der Waals surface area contributed by atoms with Crippen LogP contribution in [0.15, 0.2) is 11.0 Å². The molecule has 8 heteroatoms. The minimum atomic E-state index is -0.236. The lowest BCUT2D eigenvalue weighted by Crippen LogP contribution is -2.45. The lowest BCUT2D eigenvalue weighted by molar-refractivity contribution is 0.161. The molecule has 0 saturated carbocycles. The summed E-state index contributed by atoms with van der Waals surface area (Å²) in [6.07, 6.45) is 3.56. The second-order valence-corrected chi connectivity index (χ2v) is 7.78. The van der Waals surface area contributed by atoms with Crippen molar-refractivity contribution in [3.8, 4) is 0 Å². The predicted molar refractivity (Wildman–Crippen MR) is 98.1 cm³/mol. The zero-order valence-electron chi connectivity index (χ0n) is 15.5. The van der Waals surface area contributed by atoms with Gasteiger partial charge in [0.15, 0.2) is 5.65 Å². The average molecular weight is 348 g/mol. The van der Waals surface area contributed by atoms with Gasteiger partial charge >= 0.3 is 0 Å². The zero-order chi connectivity index (χ0) is 18.2. The van der Waals surface area contributed by atoms with Crippen molar-refractivity contribution in [2.75, 3.05) is 38.2 Å². The summed E-state index contributed by atoms with van der Waals surface area (Å²) < 4.78 is 1.81. The maximum Gasteiger partial charge on any atom is 0.263 e. The van der Waals surface area contributed by atoms with E-state index in [1.54, 1.807) is 6.20 Å². The van der Waals surface area contributed by atoms with Crippen LogP contribution in [0.1, 0.15) is 33.6 Å². The van der Waals surface area contributed by atoms with E-state index in [2.05, 4.69) is 19.9 Å². The highest BCUT2D eigenvalue weighted by Crippen LogP contribution is 2.22. The highest BCUT2D eigenvalue weighted by molar-refractivity contribution is 5.74. The molecule has 0 spiro atoms. The molecule has 0 aromatic carbocycles. The van der Waals surface area contributed by atoms with Crippen molar-refractivity contribution in [1.82, 2.24) is 24.6 Å². The Bertz CT molecular complexity index is 783. The van der Waals surface area contributed by atoms with E-state index in [0.717, 1.165) is 25.9 Å². The first-order valence-corrected chi connectivity index (χ1v) is 8.86. The molecule has 0 bridgehead atoms. The lowest BCUT2D eigenvalue weighted by Gasteiger charge is -2.36. The van der Waals surface area contributed by atoms with Gasteiger partial charge in [-0.2, -0.15) is 10.1 Å². The molecule has 1 saturated heterocycles. The fourth-order valence-corrected chi connectivity index (χ4v) is 3.41. The molecule has 0 radical (unpaired) electrons. The summed E-state index contributed by atoms with van der Waals surface area (Å²) in [5.41, 5.74) is 0.251.